The number of amides is 1. The zero-order valence-corrected chi connectivity index (χ0v) is 17.5. The second kappa shape index (κ2) is 11.6. The molecule has 0 saturated heterocycles. The minimum atomic E-state index is -0.627. The van der Waals surface area contributed by atoms with Crippen LogP contribution in [0.3, 0.4) is 0 Å². The molecule has 0 aliphatic heterocycles. The van der Waals surface area contributed by atoms with Crippen LogP contribution in [0.4, 0.5) is 5.69 Å². The minimum Gasteiger partial charge on any atom is -0.490 e. The number of ether oxygens (including phenoxy) is 3. The quantitative estimate of drug-likeness (QED) is 0.437. The number of carbonyl (C=O) groups excluding carboxylic acids is 3. The van der Waals surface area contributed by atoms with E-state index in [1.165, 1.54) is 0 Å². The van der Waals surface area contributed by atoms with Crippen molar-refractivity contribution >= 4 is 23.3 Å². The molecular formula is C23H27NO6. The molecule has 0 unspecified atom stereocenters. The van der Waals surface area contributed by atoms with Gasteiger partial charge < -0.3 is 19.5 Å². The van der Waals surface area contributed by atoms with E-state index >= 15 is 0 Å². The highest BCUT2D eigenvalue weighted by atomic mass is 16.5. The molecule has 0 bridgehead atoms. The van der Waals surface area contributed by atoms with E-state index in [4.69, 9.17) is 14.2 Å². The number of nitrogens with one attached hydrogen (secondary N) is 1. The van der Waals surface area contributed by atoms with Gasteiger partial charge in [0.25, 0.3) is 0 Å². The first-order valence-electron chi connectivity index (χ1n) is 9.98. The van der Waals surface area contributed by atoms with Crippen molar-refractivity contribution in [3.05, 3.63) is 53.6 Å². The first kappa shape index (κ1) is 22.9. The molecule has 0 atom stereocenters. The number of anilines is 1. The van der Waals surface area contributed by atoms with Gasteiger partial charge in [-0.2, -0.15) is 0 Å². The molecule has 2 aromatic rings. The highest BCUT2D eigenvalue weighted by Gasteiger charge is 2.15. The zero-order valence-electron chi connectivity index (χ0n) is 17.5. The molecule has 7 heteroatoms. The summed E-state index contributed by atoms with van der Waals surface area (Å²) in [5.41, 5.74) is 1.26. The Hall–Kier alpha value is -3.35. The van der Waals surface area contributed by atoms with E-state index in [1.54, 1.807) is 49.4 Å². The number of ketones is 1. The van der Waals surface area contributed by atoms with Gasteiger partial charge >= 0.3 is 5.97 Å². The van der Waals surface area contributed by atoms with E-state index in [9.17, 15) is 14.4 Å². The molecule has 0 aliphatic rings. The molecule has 0 spiro atoms. The van der Waals surface area contributed by atoms with Gasteiger partial charge in [-0.1, -0.05) is 13.8 Å². The lowest BCUT2D eigenvalue weighted by molar-refractivity contribution is -0.115. The van der Waals surface area contributed by atoms with E-state index < -0.39 is 12.6 Å². The number of esters is 1. The highest BCUT2D eigenvalue weighted by Crippen LogP contribution is 2.29. The fourth-order valence-electron chi connectivity index (χ4n) is 2.52. The summed E-state index contributed by atoms with van der Waals surface area (Å²) in [6.07, 6.45) is 1.22. The van der Waals surface area contributed by atoms with Crippen molar-refractivity contribution < 1.29 is 28.6 Å². The van der Waals surface area contributed by atoms with E-state index in [-0.39, 0.29) is 17.3 Å². The Balaban J connectivity index is 1.98. The number of hydrogen-bond acceptors (Lipinski definition) is 6. The molecule has 0 fully saturated rings. The summed E-state index contributed by atoms with van der Waals surface area (Å²) in [6, 6.07) is 11.2. The van der Waals surface area contributed by atoms with E-state index in [0.29, 0.717) is 42.4 Å². The maximum Gasteiger partial charge on any atom is 0.338 e. The van der Waals surface area contributed by atoms with Gasteiger partial charge in [-0.15, -0.1) is 0 Å². The van der Waals surface area contributed by atoms with Gasteiger partial charge in [0.1, 0.15) is 0 Å². The summed E-state index contributed by atoms with van der Waals surface area (Å²) in [6.45, 7) is 6.17. The number of carbonyl (C=O) groups is 3. The molecule has 0 aliphatic carbocycles. The third-order valence-corrected chi connectivity index (χ3v) is 4.09. The molecule has 30 heavy (non-hydrogen) atoms. The van der Waals surface area contributed by atoms with Crippen molar-refractivity contribution in [1.82, 2.24) is 0 Å². The smallest absolute Gasteiger partial charge is 0.338 e. The van der Waals surface area contributed by atoms with Crippen molar-refractivity contribution in [3.8, 4) is 11.5 Å². The van der Waals surface area contributed by atoms with E-state index in [0.717, 1.165) is 6.42 Å². The first-order chi connectivity index (χ1) is 14.5. The predicted molar refractivity (Wildman–Crippen MR) is 113 cm³/mol. The van der Waals surface area contributed by atoms with Crippen LogP contribution in [0, 0.1) is 0 Å². The van der Waals surface area contributed by atoms with Gasteiger partial charge in [-0.05, 0) is 55.8 Å². The first-order valence-corrected chi connectivity index (χ1v) is 9.98. The summed E-state index contributed by atoms with van der Waals surface area (Å²) in [5.74, 6) is -0.0682. The normalized spacial score (nSPS) is 10.2. The Morgan fingerprint density at radius 3 is 2.20 bits per heavy atom. The molecule has 1 amide bonds. The number of benzene rings is 2. The third-order valence-electron chi connectivity index (χ3n) is 4.09. The third kappa shape index (κ3) is 6.62. The van der Waals surface area contributed by atoms with Crippen LogP contribution in [0.15, 0.2) is 42.5 Å². The van der Waals surface area contributed by atoms with Crippen molar-refractivity contribution in [1.29, 1.82) is 0 Å². The molecular weight excluding hydrogens is 386 g/mol. The molecule has 0 saturated carbocycles. The van der Waals surface area contributed by atoms with Crippen LogP contribution >= 0.6 is 0 Å². The molecule has 160 valence electrons. The second-order valence-electron chi connectivity index (χ2n) is 6.42. The lowest BCUT2D eigenvalue weighted by atomic mass is 10.1. The van der Waals surface area contributed by atoms with Gasteiger partial charge in [-0.3, -0.25) is 9.59 Å². The van der Waals surface area contributed by atoms with Gasteiger partial charge in [-0.25, -0.2) is 4.79 Å². The largest absolute Gasteiger partial charge is 0.490 e. The second-order valence-corrected chi connectivity index (χ2v) is 6.42. The summed E-state index contributed by atoms with van der Waals surface area (Å²) >= 11 is 0. The van der Waals surface area contributed by atoms with Crippen LogP contribution in [0.5, 0.6) is 11.5 Å². The number of rotatable bonds is 11. The topological polar surface area (TPSA) is 90.9 Å². The predicted octanol–water partition coefficient (Wildman–Crippen LogP) is 4.26. The van der Waals surface area contributed by atoms with Crippen LogP contribution < -0.4 is 14.8 Å². The van der Waals surface area contributed by atoms with Crippen LogP contribution in [0.2, 0.25) is 0 Å². The van der Waals surface area contributed by atoms with Crippen LogP contribution in [0.25, 0.3) is 0 Å². The monoisotopic (exact) mass is 413 g/mol. The van der Waals surface area contributed by atoms with Crippen LogP contribution in [0.1, 0.15) is 54.3 Å². The summed E-state index contributed by atoms with van der Waals surface area (Å²) < 4.78 is 16.3. The molecule has 1 N–H and O–H groups in total. The lowest BCUT2D eigenvalue weighted by Crippen LogP contribution is -2.15. The van der Waals surface area contributed by atoms with E-state index in [1.807, 2.05) is 13.8 Å². The average molecular weight is 413 g/mol. The molecule has 2 aromatic carbocycles. The Bertz CT molecular complexity index is 876. The van der Waals surface area contributed by atoms with Gasteiger partial charge in [0.05, 0.1) is 18.8 Å². The van der Waals surface area contributed by atoms with E-state index in [2.05, 4.69) is 5.32 Å². The maximum atomic E-state index is 12.4. The molecule has 2 rings (SSSR count). The molecule has 0 heterocycles. The Labute approximate surface area is 176 Å². The van der Waals surface area contributed by atoms with Gasteiger partial charge in [0.15, 0.2) is 23.9 Å². The van der Waals surface area contributed by atoms with Crippen LogP contribution in [-0.2, 0) is 9.53 Å². The van der Waals surface area contributed by atoms with Crippen LogP contribution in [-0.4, -0.2) is 37.5 Å². The Morgan fingerprint density at radius 1 is 0.867 bits per heavy atom. The highest BCUT2D eigenvalue weighted by molar-refractivity contribution is 6.00. The van der Waals surface area contributed by atoms with Gasteiger partial charge in [0, 0.05) is 17.7 Å². The SMILES string of the molecule is CCCOc1ccc(C(=O)OCC(=O)c2ccc(NC(=O)CC)cc2)cc1OCC. The van der Waals surface area contributed by atoms with Crippen molar-refractivity contribution in [2.45, 2.75) is 33.6 Å². The molecule has 7 nitrogen and oxygen atoms in total. The fourth-order valence-corrected chi connectivity index (χ4v) is 2.52. The fraction of sp³-hybridized carbons (Fsp3) is 0.348. The van der Waals surface area contributed by atoms with Crippen molar-refractivity contribution in [2.75, 3.05) is 25.1 Å². The Morgan fingerprint density at radius 2 is 1.57 bits per heavy atom. The molecule has 0 aromatic heterocycles. The summed E-state index contributed by atoms with van der Waals surface area (Å²) in [4.78, 5) is 36.1. The van der Waals surface area contributed by atoms with Crippen molar-refractivity contribution in [2.24, 2.45) is 0 Å². The average Bonchev–Trinajstić information content (AvgIpc) is 2.76. The standard InChI is InChI=1S/C23H27NO6/c1-4-13-29-20-12-9-17(14-21(20)28-6-3)23(27)30-15-19(25)16-7-10-18(11-8-16)24-22(26)5-2/h7-12,14H,4-6,13,15H2,1-3H3,(H,24,26). The molecule has 0 radical (unpaired) electrons. The Kier molecular flexibility index (Phi) is 8.87. The zero-order chi connectivity index (χ0) is 21.9. The summed E-state index contributed by atoms with van der Waals surface area (Å²) in [7, 11) is 0. The minimum absolute atomic E-state index is 0.111. The van der Waals surface area contributed by atoms with Crippen molar-refractivity contribution in [3.63, 3.8) is 0 Å². The maximum absolute atomic E-state index is 12.4. The van der Waals surface area contributed by atoms with Gasteiger partial charge in [0.2, 0.25) is 5.91 Å². The summed E-state index contributed by atoms with van der Waals surface area (Å²) in [5, 5.41) is 2.70. The number of Topliss-reactive ketones (excluding diaryl/α,β-unsaturated/α-hetero) is 1. The lowest BCUT2D eigenvalue weighted by Gasteiger charge is -2.12. The number of hydrogen-bond donors (Lipinski definition) is 1.